The Balaban J connectivity index is 2.02. The predicted molar refractivity (Wildman–Crippen MR) is 90.2 cm³/mol. The Morgan fingerprint density at radius 2 is 1.77 bits per heavy atom. The van der Waals surface area contributed by atoms with E-state index in [-0.39, 0.29) is 18.2 Å². The van der Waals surface area contributed by atoms with Crippen molar-refractivity contribution < 1.29 is 13.5 Å². The van der Waals surface area contributed by atoms with Gasteiger partial charge in [-0.25, -0.2) is 13.1 Å². The summed E-state index contributed by atoms with van der Waals surface area (Å²) in [7, 11) is -3.26. The number of rotatable bonds is 7. The molecule has 4 nitrogen and oxygen atoms in total. The van der Waals surface area contributed by atoms with Gasteiger partial charge in [-0.15, -0.1) is 0 Å². The van der Waals surface area contributed by atoms with E-state index in [2.05, 4.69) is 4.72 Å². The van der Waals surface area contributed by atoms with E-state index in [1.165, 1.54) is 0 Å². The van der Waals surface area contributed by atoms with Gasteiger partial charge in [-0.2, -0.15) is 0 Å². The molecule has 0 saturated heterocycles. The summed E-state index contributed by atoms with van der Waals surface area (Å²) in [6.45, 7) is 3.97. The van der Waals surface area contributed by atoms with Crippen LogP contribution in [0, 0.1) is 5.92 Å². The third kappa shape index (κ3) is 4.53. The summed E-state index contributed by atoms with van der Waals surface area (Å²) < 4.78 is 26.1. The predicted octanol–water partition coefficient (Wildman–Crippen LogP) is 2.84. The lowest BCUT2D eigenvalue weighted by Gasteiger charge is -2.15. The Bertz CT molecular complexity index is 720. The molecule has 0 amide bonds. The molecule has 5 heteroatoms. The van der Waals surface area contributed by atoms with Gasteiger partial charge in [0.2, 0.25) is 10.0 Å². The highest BCUT2D eigenvalue weighted by Gasteiger charge is 2.15. The fourth-order valence-corrected chi connectivity index (χ4v) is 3.97. The Labute approximate surface area is 132 Å². The lowest BCUT2D eigenvalue weighted by atomic mass is 9.99. The van der Waals surface area contributed by atoms with Crippen LogP contribution in [0.1, 0.15) is 31.9 Å². The van der Waals surface area contributed by atoms with E-state index in [1.807, 2.05) is 56.3 Å². The van der Waals surface area contributed by atoms with Crippen LogP contribution in [0.2, 0.25) is 0 Å². The molecule has 2 N–H and O–H groups in total. The summed E-state index contributed by atoms with van der Waals surface area (Å²) in [5.41, 5.74) is 0.834. The molecule has 0 radical (unpaired) electrons. The van der Waals surface area contributed by atoms with Gasteiger partial charge < -0.3 is 5.11 Å². The molecule has 0 aromatic heterocycles. The summed E-state index contributed by atoms with van der Waals surface area (Å²) in [4.78, 5) is 0. The smallest absolute Gasteiger partial charge is 0.211 e. The molecule has 2 rings (SSSR count). The highest BCUT2D eigenvalue weighted by Crippen LogP contribution is 2.25. The molecular weight excluding hydrogens is 298 g/mol. The first-order chi connectivity index (χ1) is 10.4. The minimum absolute atomic E-state index is 0.0838. The highest BCUT2D eigenvalue weighted by atomic mass is 32.2. The molecule has 0 spiro atoms. The lowest BCUT2D eigenvalue weighted by molar-refractivity contribution is 0.170. The zero-order chi connectivity index (χ0) is 16.2. The second-order valence-electron chi connectivity index (χ2n) is 5.94. The maximum atomic E-state index is 11.8. The zero-order valence-electron chi connectivity index (χ0n) is 13.0. The van der Waals surface area contributed by atoms with Crippen molar-refractivity contribution in [3.63, 3.8) is 0 Å². The van der Waals surface area contributed by atoms with Crippen LogP contribution in [-0.2, 0) is 10.0 Å². The molecule has 0 aliphatic heterocycles. The first-order valence-electron chi connectivity index (χ1n) is 7.52. The minimum Gasteiger partial charge on any atom is -0.388 e. The molecule has 0 aliphatic carbocycles. The van der Waals surface area contributed by atoms with Crippen molar-refractivity contribution in [2.45, 2.75) is 26.4 Å². The number of hydrogen-bond acceptors (Lipinski definition) is 3. The quantitative estimate of drug-likeness (QED) is 0.824. The average molecular weight is 321 g/mol. The van der Waals surface area contributed by atoms with E-state index in [1.54, 1.807) is 0 Å². The van der Waals surface area contributed by atoms with Crippen LogP contribution >= 0.6 is 0 Å². The topological polar surface area (TPSA) is 66.4 Å². The molecular formula is C17H23NO3S. The van der Waals surface area contributed by atoms with Crippen molar-refractivity contribution in [2.24, 2.45) is 5.92 Å². The van der Waals surface area contributed by atoms with Gasteiger partial charge in [0.05, 0.1) is 11.9 Å². The summed E-state index contributed by atoms with van der Waals surface area (Å²) in [6.07, 6.45) is -0.335. The summed E-state index contributed by atoms with van der Waals surface area (Å²) >= 11 is 0. The van der Waals surface area contributed by atoms with E-state index in [4.69, 9.17) is 0 Å². The number of nitrogens with one attached hydrogen (secondary N) is 1. The second-order valence-corrected chi connectivity index (χ2v) is 7.79. The Kier molecular flexibility index (Phi) is 5.56. The van der Waals surface area contributed by atoms with E-state index >= 15 is 0 Å². The van der Waals surface area contributed by atoms with E-state index in [9.17, 15) is 13.5 Å². The Morgan fingerprint density at radius 3 is 2.50 bits per heavy atom. The van der Waals surface area contributed by atoms with Crippen LogP contribution in [0.5, 0.6) is 0 Å². The molecule has 2 aromatic carbocycles. The van der Waals surface area contributed by atoms with Gasteiger partial charge in [0.15, 0.2) is 0 Å². The van der Waals surface area contributed by atoms with E-state index in [0.29, 0.717) is 6.42 Å². The molecule has 0 fully saturated rings. The van der Waals surface area contributed by atoms with Crippen molar-refractivity contribution in [1.29, 1.82) is 0 Å². The van der Waals surface area contributed by atoms with Crippen LogP contribution in [0.15, 0.2) is 42.5 Å². The first-order valence-corrected chi connectivity index (χ1v) is 9.17. The Morgan fingerprint density at radius 1 is 1.09 bits per heavy atom. The molecule has 1 unspecified atom stereocenters. The van der Waals surface area contributed by atoms with Crippen molar-refractivity contribution in [3.05, 3.63) is 48.0 Å². The fourth-order valence-electron chi connectivity index (χ4n) is 2.55. The zero-order valence-corrected chi connectivity index (χ0v) is 13.8. The van der Waals surface area contributed by atoms with Crippen molar-refractivity contribution in [2.75, 3.05) is 12.3 Å². The number of fused-ring (bicyclic) bond motifs is 1. The number of aliphatic hydroxyl groups excluding tert-OH is 1. The van der Waals surface area contributed by atoms with Gasteiger partial charge in [0.1, 0.15) is 0 Å². The molecule has 1 atom stereocenters. The molecule has 0 bridgehead atoms. The molecule has 120 valence electrons. The summed E-state index contributed by atoms with van der Waals surface area (Å²) in [5, 5.41) is 12.4. The van der Waals surface area contributed by atoms with Crippen LogP contribution in [-0.4, -0.2) is 25.8 Å². The normalized spacial score (nSPS) is 13.6. The van der Waals surface area contributed by atoms with Crippen molar-refractivity contribution in [1.82, 2.24) is 4.72 Å². The van der Waals surface area contributed by atoms with Gasteiger partial charge >= 0.3 is 0 Å². The van der Waals surface area contributed by atoms with Gasteiger partial charge in [-0.1, -0.05) is 56.3 Å². The number of hydrogen-bond donors (Lipinski definition) is 2. The minimum atomic E-state index is -3.26. The second kappa shape index (κ2) is 7.22. The van der Waals surface area contributed by atoms with Crippen LogP contribution in [0.3, 0.4) is 0 Å². The highest BCUT2D eigenvalue weighted by molar-refractivity contribution is 7.89. The average Bonchev–Trinajstić information content (AvgIpc) is 2.45. The van der Waals surface area contributed by atoms with Gasteiger partial charge in [-0.3, -0.25) is 0 Å². The molecule has 2 aromatic rings. The fraction of sp³-hybridized carbons (Fsp3) is 0.412. The van der Waals surface area contributed by atoms with Gasteiger partial charge in [0, 0.05) is 6.54 Å². The van der Waals surface area contributed by atoms with E-state index in [0.717, 1.165) is 16.3 Å². The monoisotopic (exact) mass is 321 g/mol. The van der Waals surface area contributed by atoms with Crippen molar-refractivity contribution >= 4 is 20.8 Å². The van der Waals surface area contributed by atoms with Crippen LogP contribution in [0.25, 0.3) is 10.8 Å². The van der Waals surface area contributed by atoms with Crippen LogP contribution < -0.4 is 4.72 Å². The summed E-state index contributed by atoms with van der Waals surface area (Å²) in [5.74, 6) is 0.192. The lowest BCUT2D eigenvalue weighted by Crippen LogP contribution is -2.30. The number of benzene rings is 2. The largest absolute Gasteiger partial charge is 0.388 e. The van der Waals surface area contributed by atoms with Crippen LogP contribution in [0.4, 0.5) is 0 Å². The maximum absolute atomic E-state index is 11.8. The third-order valence-electron chi connectivity index (χ3n) is 3.47. The Hall–Kier alpha value is -1.43. The van der Waals surface area contributed by atoms with Gasteiger partial charge in [0.25, 0.3) is 0 Å². The van der Waals surface area contributed by atoms with Crippen molar-refractivity contribution in [3.8, 4) is 0 Å². The third-order valence-corrected chi connectivity index (χ3v) is 5.22. The number of sulfonamides is 1. The molecule has 0 aliphatic rings. The van der Waals surface area contributed by atoms with Gasteiger partial charge in [-0.05, 0) is 28.7 Å². The molecule has 0 heterocycles. The molecule has 0 saturated carbocycles. The number of aliphatic hydroxyl groups is 1. The maximum Gasteiger partial charge on any atom is 0.211 e. The summed E-state index contributed by atoms with van der Waals surface area (Å²) in [6, 6.07) is 13.6. The molecule has 22 heavy (non-hydrogen) atoms. The SMILES string of the molecule is CC(C)CS(=O)(=O)NCCC(O)c1cccc2ccccc12. The standard InChI is InChI=1S/C17H23NO3S/c1-13(2)12-22(20,21)18-11-10-17(19)16-9-5-7-14-6-3-4-8-15(14)16/h3-9,13,17-19H,10-12H2,1-2H3. The first kappa shape index (κ1) is 16.9. The van der Waals surface area contributed by atoms with E-state index < -0.39 is 16.1 Å².